The molecule has 0 saturated heterocycles. The van der Waals surface area contributed by atoms with E-state index in [4.69, 9.17) is 0 Å². The van der Waals surface area contributed by atoms with E-state index < -0.39 is 14.9 Å². The predicted octanol–water partition coefficient (Wildman–Crippen LogP) is 2.91. The number of nitro groups is 1. The molecule has 0 aromatic heterocycles. The molecule has 0 spiro atoms. The minimum absolute atomic E-state index is 0.0136. The maximum atomic E-state index is 12.7. The van der Waals surface area contributed by atoms with Crippen molar-refractivity contribution >= 4 is 21.6 Å². The molecule has 0 aliphatic carbocycles. The maximum absolute atomic E-state index is 12.7. The third-order valence-corrected chi connectivity index (χ3v) is 6.69. The van der Waals surface area contributed by atoms with Crippen LogP contribution in [0.15, 0.2) is 47.4 Å². The number of sulfonamides is 1. The Hall–Kier alpha value is -2.78. The Labute approximate surface area is 170 Å². The van der Waals surface area contributed by atoms with Gasteiger partial charge in [0.15, 0.2) is 0 Å². The number of nitrogens with one attached hydrogen (secondary N) is 1. The lowest BCUT2D eigenvalue weighted by Crippen LogP contribution is -2.31. The van der Waals surface area contributed by atoms with Gasteiger partial charge in [0.2, 0.25) is 10.0 Å². The predicted molar refractivity (Wildman–Crippen MR) is 110 cm³/mol. The van der Waals surface area contributed by atoms with Crippen molar-refractivity contribution in [3.63, 3.8) is 0 Å². The van der Waals surface area contributed by atoms with Crippen molar-refractivity contribution in [2.45, 2.75) is 32.1 Å². The second kappa shape index (κ2) is 9.62. The van der Waals surface area contributed by atoms with Crippen LogP contribution in [0.5, 0.6) is 0 Å². The fourth-order valence-electron chi connectivity index (χ4n) is 2.92. The molecule has 0 fully saturated rings. The highest BCUT2D eigenvalue weighted by Gasteiger charge is 2.23. The second-order valence-electron chi connectivity index (χ2n) is 6.50. The average Bonchev–Trinajstić information content (AvgIpc) is 2.69. The Bertz CT molecular complexity index is 984. The lowest BCUT2D eigenvalue weighted by Gasteiger charge is -2.19. The molecule has 0 saturated carbocycles. The van der Waals surface area contributed by atoms with Gasteiger partial charge in [-0.1, -0.05) is 32.0 Å². The molecule has 0 unspecified atom stereocenters. The van der Waals surface area contributed by atoms with E-state index >= 15 is 0 Å². The summed E-state index contributed by atoms with van der Waals surface area (Å²) in [6, 6.07) is 10.7. The van der Waals surface area contributed by atoms with E-state index in [9.17, 15) is 23.3 Å². The topological polar surface area (TPSA) is 110 Å². The molecule has 2 aromatic rings. The molecule has 0 aliphatic rings. The van der Waals surface area contributed by atoms with Crippen molar-refractivity contribution in [2.75, 3.05) is 19.6 Å². The zero-order valence-corrected chi connectivity index (χ0v) is 17.5. The Morgan fingerprint density at radius 3 is 2.28 bits per heavy atom. The van der Waals surface area contributed by atoms with Crippen molar-refractivity contribution < 1.29 is 18.1 Å². The van der Waals surface area contributed by atoms with Gasteiger partial charge in [-0.25, -0.2) is 8.42 Å². The van der Waals surface area contributed by atoms with Gasteiger partial charge in [0.1, 0.15) is 0 Å². The summed E-state index contributed by atoms with van der Waals surface area (Å²) >= 11 is 0. The first kappa shape index (κ1) is 22.5. The minimum Gasteiger partial charge on any atom is -0.352 e. The summed E-state index contributed by atoms with van der Waals surface area (Å²) in [5.74, 6) is -0.360. The summed E-state index contributed by atoms with van der Waals surface area (Å²) in [6.45, 7) is 6.30. The van der Waals surface area contributed by atoms with Crippen LogP contribution in [0, 0.1) is 17.0 Å². The number of non-ortho nitro benzene ring substituents is 1. The molecule has 0 bridgehead atoms. The van der Waals surface area contributed by atoms with Gasteiger partial charge in [-0.05, 0) is 36.6 Å². The van der Waals surface area contributed by atoms with Crippen LogP contribution in [0.25, 0.3) is 0 Å². The van der Waals surface area contributed by atoms with E-state index in [2.05, 4.69) is 5.32 Å². The van der Waals surface area contributed by atoms with E-state index in [1.807, 2.05) is 0 Å². The molecule has 8 nitrogen and oxygen atoms in total. The summed E-state index contributed by atoms with van der Waals surface area (Å²) < 4.78 is 26.7. The van der Waals surface area contributed by atoms with Crippen LogP contribution in [0.3, 0.4) is 0 Å². The molecule has 1 N–H and O–H groups in total. The van der Waals surface area contributed by atoms with E-state index in [0.717, 1.165) is 5.56 Å². The number of aryl methyl sites for hydroxylation is 1. The number of carbonyl (C=O) groups excluding carboxylic acids is 1. The number of benzene rings is 2. The Morgan fingerprint density at radius 1 is 1.10 bits per heavy atom. The van der Waals surface area contributed by atoms with Gasteiger partial charge in [-0.2, -0.15) is 4.31 Å². The van der Waals surface area contributed by atoms with Gasteiger partial charge in [-0.3, -0.25) is 14.9 Å². The van der Waals surface area contributed by atoms with Gasteiger partial charge in [-0.15, -0.1) is 0 Å². The van der Waals surface area contributed by atoms with Crippen molar-refractivity contribution in [2.24, 2.45) is 0 Å². The molecular formula is C20H25N3O5S. The molecule has 2 rings (SSSR count). The zero-order valence-electron chi connectivity index (χ0n) is 16.7. The quantitative estimate of drug-likeness (QED) is 0.496. The largest absolute Gasteiger partial charge is 0.352 e. The zero-order chi connectivity index (χ0) is 21.6. The number of carbonyl (C=O) groups is 1. The molecular weight excluding hydrogens is 394 g/mol. The highest BCUT2D eigenvalue weighted by atomic mass is 32.2. The summed E-state index contributed by atoms with van der Waals surface area (Å²) in [4.78, 5) is 22.9. The summed E-state index contributed by atoms with van der Waals surface area (Å²) in [6.07, 6.45) is 0.500. The first-order chi connectivity index (χ1) is 13.7. The Morgan fingerprint density at radius 2 is 1.72 bits per heavy atom. The van der Waals surface area contributed by atoms with Gasteiger partial charge in [0, 0.05) is 37.3 Å². The summed E-state index contributed by atoms with van der Waals surface area (Å²) in [7, 11) is -3.65. The maximum Gasteiger partial charge on any atom is 0.269 e. The Balaban J connectivity index is 2.09. The molecule has 0 heterocycles. The van der Waals surface area contributed by atoms with Crippen molar-refractivity contribution in [3.05, 3.63) is 69.3 Å². The molecule has 156 valence electrons. The van der Waals surface area contributed by atoms with Crippen LogP contribution in [0.1, 0.15) is 35.3 Å². The van der Waals surface area contributed by atoms with E-state index in [1.54, 1.807) is 39.0 Å². The van der Waals surface area contributed by atoms with Crippen LogP contribution in [0.4, 0.5) is 5.69 Å². The number of nitro benzene ring substituents is 1. The van der Waals surface area contributed by atoms with Gasteiger partial charge < -0.3 is 5.32 Å². The molecule has 2 aromatic carbocycles. The number of hydrogen-bond donors (Lipinski definition) is 1. The van der Waals surface area contributed by atoms with E-state index in [1.165, 1.54) is 28.6 Å². The third-order valence-electron chi connectivity index (χ3n) is 4.64. The monoisotopic (exact) mass is 419 g/mol. The van der Waals surface area contributed by atoms with Crippen LogP contribution in [-0.4, -0.2) is 43.2 Å². The summed E-state index contributed by atoms with van der Waals surface area (Å²) in [5.41, 5.74) is 1.85. The average molecular weight is 420 g/mol. The second-order valence-corrected chi connectivity index (χ2v) is 8.43. The lowest BCUT2D eigenvalue weighted by atomic mass is 10.1. The number of hydrogen-bond acceptors (Lipinski definition) is 5. The molecule has 0 aliphatic heterocycles. The number of nitrogens with zero attached hydrogens (tertiary/aromatic N) is 2. The Kier molecular flexibility index (Phi) is 7.46. The smallest absolute Gasteiger partial charge is 0.269 e. The normalized spacial score (nSPS) is 11.4. The van der Waals surface area contributed by atoms with Gasteiger partial charge >= 0.3 is 0 Å². The minimum atomic E-state index is -3.65. The van der Waals surface area contributed by atoms with Crippen LogP contribution >= 0.6 is 0 Å². The van der Waals surface area contributed by atoms with E-state index in [0.29, 0.717) is 37.2 Å². The highest BCUT2D eigenvalue weighted by molar-refractivity contribution is 7.89. The molecule has 9 heteroatoms. The SMILES string of the molecule is CCN(CC)S(=O)(=O)c1ccc(C)c(C(=O)NCCc2ccc([N+](=O)[O-])cc2)c1. The molecule has 1 amide bonds. The first-order valence-corrected chi connectivity index (χ1v) is 10.8. The fraction of sp³-hybridized carbons (Fsp3) is 0.350. The van der Waals surface area contributed by atoms with Crippen molar-refractivity contribution in [1.29, 1.82) is 0 Å². The van der Waals surface area contributed by atoms with Crippen LogP contribution in [0.2, 0.25) is 0 Å². The van der Waals surface area contributed by atoms with Crippen molar-refractivity contribution in [1.82, 2.24) is 9.62 Å². The lowest BCUT2D eigenvalue weighted by molar-refractivity contribution is -0.384. The number of amides is 1. The molecule has 29 heavy (non-hydrogen) atoms. The third kappa shape index (κ3) is 5.39. The molecule has 0 radical (unpaired) electrons. The first-order valence-electron chi connectivity index (χ1n) is 9.33. The summed E-state index contributed by atoms with van der Waals surface area (Å²) in [5, 5.41) is 13.5. The van der Waals surface area contributed by atoms with Crippen LogP contribution in [-0.2, 0) is 16.4 Å². The van der Waals surface area contributed by atoms with E-state index in [-0.39, 0.29) is 16.5 Å². The fourth-order valence-corrected chi connectivity index (χ4v) is 4.40. The van der Waals surface area contributed by atoms with Gasteiger partial charge in [0.05, 0.1) is 9.82 Å². The van der Waals surface area contributed by atoms with Gasteiger partial charge in [0.25, 0.3) is 11.6 Å². The van der Waals surface area contributed by atoms with Crippen LogP contribution < -0.4 is 5.32 Å². The highest BCUT2D eigenvalue weighted by Crippen LogP contribution is 2.19. The molecule has 0 atom stereocenters. The standard InChI is InChI=1S/C20H25N3O5S/c1-4-22(5-2)29(27,28)18-11-6-15(3)19(14-18)20(24)21-13-12-16-7-9-17(10-8-16)23(25)26/h6-11,14H,4-5,12-13H2,1-3H3,(H,21,24). The number of rotatable bonds is 9. The van der Waals surface area contributed by atoms with Crippen molar-refractivity contribution in [3.8, 4) is 0 Å².